The Labute approximate surface area is 115 Å². The second-order valence-electron chi connectivity index (χ2n) is 7.97. The third kappa shape index (κ3) is 1.95. The van der Waals surface area contributed by atoms with Crippen molar-refractivity contribution in [2.45, 2.75) is 64.7 Å². The van der Waals surface area contributed by atoms with Gasteiger partial charge < -0.3 is 5.73 Å². The average molecular weight is 271 g/mol. The number of hydrogen-bond acceptors (Lipinski definition) is 1. The maximum absolute atomic E-state index is 13.5. The van der Waals surface area contributed by atoms with Crippen LogP contribution in [-0.4, -0.2) is 12.5 Å². The lowest BCUT2D eigenvalue weighted by molar-refractivity contribution is -0.166. The van der Waals surface area contributed by atoms with Crippen molar-refractivity contribution in [3.05, 3.63) is 0 Å². The smallest absolute Gasteiger partial charge is 0.248 e. The van der Waals surface area contributed by atoms with Gasteiger partial charge in [-0.3, -0.25) is 0 Å². The lowest BCUT2D eigenvalue weighted by atomic mass is 9.41. The van der Waals surface area contributed by atoms with Gasteiger partial charge in [-0.05, 0) is 67.2 Å². The first-order chi connectivity index (χ1) is 8.81. The van der Waals surface area contributed by atoms with Gasteiger partial charge in [-0.25, -0.2) is 8.78 Å². The maximum atomic E-state index is 13.5. The van der Waals surface area contributed by atoms with Crippen LogP contribution in [0.4, 0.5) is 8.78 Å². The molecule has 2 bridgehead atoms. The molecule has 0 aromatic rings. The van der Waals surface area contributed by atoms with Crippen LogP contribution in [0, 0.1) is 28.6 Å². The van der Waals surface area contributed by atoms with Gasteiger partial charge in [-0.1, -0.05) is 13.8 Å². The monoisotopic (exact) mass is 271 g/mol. The molecule has 19 heavy (non-hydrogen) atoms. The first kappa shape index (κ1) is 13.8. The minimum atomic E-state index is -2.44. The largest absolute Gasteiger partial charge is 0.330 e. The van der Waals surface area contributed by atoms with E-state index in [9.17, 15) is 8.78 Å². The van der Waals surface area contributed by atoms with Gasteiger partial charge in [0.2, 0.25) is 5.92 Å². The molecule has 0 spiro atoms. The summed E-state index contributed by atoms with van der Waals surface area (Å²) in [6.07, 6.45) is 5.20. The van der Waals surface area contributed by atoms with Gasteiger partial charge in [0, 0.05) is 12.8 Å². The summed E-state index contributed by atoms with van der Waals surface area (Å²) in [5.74, 6) is -0.255. The van der Waals surface area contributed by atoms with Crippen LogP contribution in [0.25, 0.3) is 0 Å². The molecule has 0 aromatic carbocycles. The predicted molar refractivity (Wildman–Crippen MR) is 73.0 cm³/mol. The lowest BCUT2D eigenvalue weighted by Crippen LogP contribution is -2.59. The molecular formula is C16H27F2N. The van der Waals surface area contributed by atoms with Crippen LogP contribution in [0.3, 0.4) is 0 Å². The van der Waals surface area contributed by atoms with Crippen molar-refractivity contribution < 1.29 is 8.78 Å². The minimum Gasteiger partial charge on any atom is -0.330 e. The molecule has 4 fully saturated rings. The van der Waals surface area contributed by atoms with E-state index in [0.29, 0.717) is 30.7 Å². The molecule has 0 aromatic heterocycles. The Morgan fingerprint density at radius 3 is 2.11 bits per heavy atom. The summed E-state index contributed by atoms with van der Waals surface area (Å²) in [6, 6.07) is 0. The lowest BCUT2D eigenvalue weighted by Gasteiger charge is -2.64. The Balaban J connectivity index is 1.79. The van der Waals surface area contributed by atoms with E-state index in [4.69, 9.17) is 5.73 Å². The van der Waals surface area contributed by atoms with Crippen molar-refractivity contribution in [2.24, 2.45) is 34.3 Å². The quantitative estimate of drug-likeness (QED) is 0.799. The summed E-state index contributed by atoms with van der Waals surface area (Å²) in [5.41, 5.74) is 6.51. The molecule has 3 heteroatoms. The molecule has 0 aliphatic heterocycles. The highest BCUT2D eigenvalue weighted by molar-refractivity contribution is 5.09. The minimum absolute atomic E-state index is 0.00894. The van der Waals surface area contributed by atoms with Gasteiger partial charge >= 0.3 is 0 Å². The molecule has 1 unspecified atom stereocenters. The maximum Gasteiger partial charge on any atom is 0.248 e. The van der Waals surface area contributed by atoms with Gasteiger partial charge in [-0.15, -0.1) is 0 Å². The first-order valence-electron chi connectivity index (χ1n) is 7.89. The molecule has 4 aliphatic rings. The van der Waals surface area contributed by atoms with Gasteiger partial charge in [0.1, 0.15) is 0 Å². The highest BCUT2D eigenvalue weighted by Gasteiger charge is 2.60. The van der Waals surface area contributed by atoms with Crippen molar-refractivity contribution in [2.75, 3.05) is 6.54 Å². The SMILES string of the molecule is CC1(C)[C@H]2CCC(C3(CN)CCC(F)(F)CC3)[C@@H]1C2. The van der Waals surface area contributed by atoms with E-state index in [1.807, 2.05) is 0 Å². The number of rotatable bonds is 2. The molecule has 4 saturated carbocycles. The molecule has 3 atom stereocenters. The van der Waals surface area contributed by atoms with E-state index in [-0.39, 0.29) is 18.3 Å². The van der Waals surface area contributed by atoms with E-state index < -0.39 is 5.92 Å². The number of alkyl halides is 2. The summed E-state index contributed by atoms with van der Waals surface area (Å²) in [5, 5.41) is 0. The van der Waals surface area contributed by atoms with Crippen LogP contribution in [0.5, 0.6) is 0 Å². The van der Waals surface area contributed by atoms with Crippen LogP contribution < -0.4 is 5.73 Å². The van der Waals surface area contributed by atoms with E-state index in [0.717, 1.165) is 11.8 Å². The van der Waals surface area contributed by atoms with Gasteiger partial charge in [-0.2, -0.15) is 0 Å². The average Bonchev–Trinajstić information content (AvgIpc) is 2.39. The number of nitrogens with two attached hydrogens (primary N) is 1. The fraction of sp³-hybridized carbons (Fsp3) is 1.00. The number of halogens is 2. The summed E-state index contributed by atoms with van der Waals surface area (Å²) >= 11 is 0. The van der Waals surface area contributed by atoms with Gasteiger partial charge in [0.15, 0.2) is 0 Å². The van der Waals surface area contributed by atoms with Gasteiger partial charge in [0.25, 0.3) is 0 Å². The first-order valence-corrected chi connectivity index (χ1v) is 7.89. The topological polar surface area (TPSA) is 26.0 Å². The standard InChI is InChI=1S/C16H27F2N/c1-14(2)11-3-4-12(13(14)9-11)15(10-19)5-7-16(17,18)8-6-15/h11-13H,3-10,19H2,1-2H3/t11-,12?,13-/m0/s1. The fourth-order valence-corrected chi connectivity index (χ4v) is 5.38. The molecule has 1 nitrogen and oxygen atoms in total. The van der Waals surface area contributed by atoms with Crippen LogP contribution in [0.2, 0.25) is 0 Å². The molecule has 110 valence electrons. The van der Waals surface area contributed by atoms with Crippen LogP contribution >= 0.6 is 0 Å². The molecule has 0 saturated heterocycles. The van der Waals surface area contributed by atoms with Gasteiger partial charge in [0.05, 0.1) is 0 Å². The number of fused-ring (bicyclic) bond motifs is 2. The van der Waals surface area contributed by atoms with Crippen LogP contribution in [0.1, 0.15) is 58.8 Å². The Bertz CT molecular complexity index is 352. The Morgan fingerprint density at radius 2 is 1.63 bits per heavy atom. The van der Waals surface area contributed by atoms with E-state index in [1.165, 1.54) is 19.3 Å². The molecule has 2 N–H and O–H groups in total. The zero-order chi connectivity index (χ0) is 13.9. The fourth-order valence-electron chi connectivity index (χ4n) is 5.38. The Hall–Kier alpha value is -0.180. The molecule has 0 heterocycles. The van der Waals surface area contributed by atoms with Crippen molar-refractivity contribution in [1.82, 2.24) is 0 Å². The molecule has 0 amide bonds. The molecule has 0 radical (unpaired) electrons. The van der Waals surface area contributed by atoms with Crippen LogP contribution in [-0.2, 0) is 0 Å². The molecular weight excluding hydrogens is 244 g/mol. The second-order valence-corrected chi connectivity index (χ2v) is 7.97. The normalized spacial score (nSPS) is 42.5. The predicted octanol–water partition coefficient (Wildman–Crippen LogP) is 4.21. The van der Waals surface area contributed by atoms with E-state index >= 15 is 0 Å². The number of hydrogen-bond donors (Lipinski definition) is 1. The summed E-state index contributed by atoms with van der Waals surface area (Å²) < 4.78 is 26.9. The Morgan fingerprint density at radius 1 is 1.00 bits per heavy atom. The Kier molecular flexibility index (Phi) is 3.02. The van der Waals surface area contributed by atoms with Crippen LogP contribution in [0.15, 0.2) is 0 Å². The zero-order valence-corrected chi connectivity index (χ0v) is 12.2. The van der Waals surface area contributed by atoms with E-state index in [2.05, 4.69) is 13.8 Å². The summed E-state index contributed by atoms with van der Waals surface area (Å²) in [6.45, 7) is 5.35. The highest BCUT2D eigenvalue weighted by atomic mass is 19.3. The summed E-state index contributed by atoms with van der Waals surface area (Å²) in [4.78, 5) is 0. The van der Waals surface area contributed by atoms with E-state index in [1.54, 1.807) is 0 Å². The molecule has 4 aliphatic carbocycles. The zero-order valence-electron chi connectivity index (χ0n) is 12.2. The van der Waals surface area contributed by atoms with Crippen molar-refractivity contribution in [3.8, 4) is 0 Å². The summed E-state index contributed by atoms with van der Waals surface area (Å²) in [7, 11) is 0. The van der Waals surface area contributed by atoms with Crippen molar-refractivity contribution in [3.63, 3.8) is 0 Å². The third-order valence-corrected chi connectivity index (χ3v) is 7.03. The third-order valence-electron chi connectivity index (χ3n) is 7.03. The van der Waals surface area contributed by atoms with Crippen molar-refractivity contribution in [1.29, 1.82) is 0 Å². The highest BCUT2D eigenvalue weighted by Crippen LogP contribution is 2.66. The second kappa shape index (κ2) is 4.16. The molecule has 4 rings (SSSR count). The van der Waals surface area contributed by atoms with Crippen molar-refractivity contribution >= 4 is 0 Å².